The number of rotatable bonds is 2. The molecule has 0 aliphatic carbocycles. The number of anilines is 1. The van der Waals surface area contributed by atoms with Crippen molar-refractivity contribution in [3.8, 4) is 17.0 Å². The molecule has 2 heterocycles. The van der Waals surface area contributed by atoms with Crippen LogP contribution in [-0.4, -0.2) is 22.1 Å². The van der Waals surface area contributed by atoms with Crippen LogP contribution in [0.5, 0.6) is 5.75 Å². The number of nitrogens with two attached hydrogens (primary N) is 1. The molecule has 19 heavy (non-hydrogen) atoms. The third-order valence-corrected chi connectivity index (χ3v) is 3.11. The molecule has 0 fully saturated rings. The second kappa shape index (κ2) is 4.28. The van der Waals surface area contributed by atoms with Crippen molar-refractivity contribution in [2.75, 3.05) is 12.8 Å². The number of H-pyrrole nitrogens is 1. The standard InChI is InChI=1S/C14H14N4O/c1-8-3-4-11(19-2)9(5-8)13-12-10(15)6-16-14(12)18-7-17-13/h3-7H,15H2,1-2H3,(H,16,17,18). The molecule has 0 unspecified atom stereocenters. The average Bonchev–Trinajstić information content (AvgIpc) is 2.81. The number of aryl methyl sites for hydroxylation is 1. The number of nitrogens with zero attached hydrogens (tertiary/aromatic N) is 2. The van der Waals surface area contributed by atoms with Gasteiger partial charge >= 0.3 is 0 Å². The number of ether oxygens (including phenoxy) is 1. The second-order valence-electron chi connectivity index (χ2n) is 4.39. The maximum Gasteiger partial charge on any atom is 0.143 e. The smallest absolute Gasteiger partial charge is 0.143 e. The Kier molecular flexibility index (Phi) is 2.59. The van der Waals surface area contributed by atoms with Gasteiger partial charge in [0.05, 0.1) is 23.9 Å². The van der Waals surface area contributed by atoms with E-state index in [4.69, 9.17) is 10.5 Å². The SMILES string of the molecule is COc1ccc(C)cc1-c1ncnc2[nH]cc(N)c12. The lowest BCUT2D eigenvalue weighted by molar-refractivity contribution is 0.416. The van der Waals surface area contributed by atoms with Gasteiger partial charge in [0.25, 0.3) is 0 Å². The number of nitrogens with one attached hydrogen (secondary N) is 1. The van der Waals surface area contributed by atoms with Crippen LogP contribution < -0.4 is 10.5 Å². The lowest BCUT2D eigenvalue weighted by Gasteiger charge is -2.10. The van der Waals surface area contributed by atoms with Gasteiger partial charge in [-0.2, -0.15) is 0 Å². The van der Waals surface area contributed by atoms with Gasteiger partial charge in [-0.1, -0.05) is 11.6 Å². The summed E-state index contributed by atoms with van der Waals surface area (Å²) in [5, 5.41) is 0.825. The molecule has 2 aromatic heterocycles. The largest absolute Gasteiger partial charge is 0.496 e. The molecule has 1 aromatic carbocycles. The van der Waals surface area contributed by atoms with Crippen LogP contribution in [0.2, 0.25) is 0 Å². The van der Waals surface area contributed by atoms with Crippen molar-refractivity contribution >= 4 is 16.7 Å². The molecule has 0 aliphatic heterocycles. The van der Waals surface area contributed by atoms with Crippen LogP contribution in [0.3, 0.4) is 0 Å². The molecule has 0 radical (unpaired) electrons. The number of aromatic nitrogens is 3. The molecule has 3 rings (SSSR count). The summed E-state index contributed by atoms with van der Waals surface area (Å²) in [6.07, 6.45) is 3.25. The second-order valence-corrected chi connectivity index (χ2v) is 4.39. The molecule has 0 saturated carbocycles. The highest BCUT2D eigenvalue weighted by Crippen LogP contribution is 2.35. The summed E-state index contributed by atoms with van der Waals surface area (Å²) in [7, 11) is 1.65. The van der Waals surface area contributed by atoms with Crippen LogP contribution in [0, 0.1) is 6.92 Å². The Balaban J connectivity index is 2.35. The quantitative estimate of drug-likeness (QED) is 0.736. The van der Waals surface area contributed by atoms with Crippen LogP contribution in [0.4, 0.5) is 5.69 Å². The van der Waals surface area contributed by atoms with E-state index in [1.54, 1.807) is 13.3 Å². The zero-order valence-corrected chi connectivity index (χ0v) is 10.8. The van der Waals surface area contributed by atoms with Gasteiger partial charge in [-0.05, 0) is 19.1 Å². The number of fused-ring (bicyclic) bond motifs is 1. The van der Waals surface area contributed by atoms with Gasteiger partial charge in [0, 0.05) is 11.8 Å². The summed E-state index contributed by atoms with van der Waals surface area (Å²) in [5.74, 6) is 0.770. The lowest BCUT2D eigenvalue weighted by atomic mass is 10.0. The fourth-order valence-corrected chi connectivity index (χ4v) is 2.20. The minimum atomic E-state index is 0.633. The van der Waals surface area contributed by atoms with Gasteiger partial charge < -0.3 is 15.5 Å². The maximum absolute atomic E-state index is 5.99. The van der Waals surface area contributed by atoms with E-state index in [1.165, 1.54) is 6.33 Å². The average molecular weight is 254 g/mol. The van der Waals surface area contributed by atoms with Gasteiger partial charge in [-0.3, -0.25) is 0 Å². The summed E-state index contributed by atoms with van der Waals surface area (Å²) in [4.78, 5) is 11.6. The summed E-state index contributed by atoms with van der Waals surface area (Å²) >= 11 is 0. The van der Waals surface area contributed by atoms with Crippen molar-refractivity contribution < 1.29 is 4.74 Å². The fourth-order valence-electron chi connectivity index (χ4n) is 2.20. The minimum absolute atomic E-state index is 0.633. The van der Waals surface area contributed by atoms with Gasteiger partial charge in [-0.25, -0.2) is 9.97 Å². The first-order valence-corrected chi connectivity index (χ1v) is 5.93. The van der Waals surface area contributed by atoms with Crippen LogP contribution in [-0.2, 0) is 0 Å². The predicted molar refractivity (Wildman–Crippen MR) is 75.0 cm³/mol. The molecule has 0 atom stereocenters. The molecule has 0 bridgehead atoms. The van der Waals surface area contributed by atoms with Crippen molar-refractivity contribution in [1.82, 2.24) is 15.0 Å². The van der Waals surface area contributed by atoms with Gasteiger partial charge in [-0.15, -0.1) is 0 Å². The van der Waals surface area contributed by atoms with Crippen LogP contribution >= 0.6 is 0 Å². The first-order valence-electron chi connectivity index (χ1n) is 5.93. The van der Waals surface area contributed by atoms with Crippen molar-refractivity contribution in [2.24, 2.45) is 0 Å². The van der Waals surface area contributed by atoms with E-state index >= 15 is 0 Å². The number of hydrogen-bond acceptors (Lipinski definition) is 4. The Labute approximate surface area is 110 Å². The Bertz CT molecular complexity index is 748. The Morgan fingerprint density at radius 3 is 2.89 bits per heavy atom. The molecule has 3 N–H and O–H groups in total. The van der Waals surface area contributed by atoms with Crippen molar-refractivity contribution in [3.05, 3.63) is 36.3 Å². The highest BCUT2D eigenvalue weighted by Gasteiger charge is 2.14. The van der Waals surface area contributed by atoms with E-state index < -0.39 is 0 Å². The van der Waals surface area contributed by atoms with Crippen molar-refractivity contribution in [3.63, 3.8) is 0 Å². The molecule has 0 aliphatic rings. The van der Waals surface area contributed by atoms with Crippen molar-refractivity contribution in [2.45, 2.75) is 6.92 Å². The molecule has 0 spiro atoms. The van der Waals surface area contributed by atoms with E-state index in [0.717, 1.165) is 33.6 Å². The van der Waals surface area contributed by atoms with Crippen LogP contribution in [0.25, 0.3) is 22.3 Å². The Morgan fingerprint density at radius 1 is 1.26 bits per heavy atom. The van der Waals surface area contributed by atoms with E-state index in [9.17, 15) is 0 Å². The predicted octanol–water partition coefficient (Wildman–Crippen LogP) is 2.52. The maximum atomic E-state index is 5.99. The fraction of sp³-hybridized carbons (Fsp3) is 0.143. The third kappa shape index (κ3) is 1.79. The number of hydrogen-bond donors (Lipinski definition) is 2. The van der Waals surface area contributed by atoms with Crippen LogP contribution in [0.1, 0.15) is 5.56 Å². The topological polar surface area (TPSA) is 76.8 Å². The molecule has 5 nitrogen and oxygen atoms in total. The number of aromatic amines is 1. The summed E-state index contributed by atoms with van der Waals surface area (Å²) in [6, 6.07) is 5.97. The summed E-state index contributed by atoms with van der Waals surface area (Å²) < 4.78 is 5.41. The highest BCUT2D eigenvalue weighted by atomic mass is 16.5. The zero-order chi connectivity index (χ0) is 13.4. The van der Waals surface area contributed by atoms with Crippen LogP contribution in [0.15, 0.2) is 30.7 Å². The lowest BCUT2D eigenvalue weighted by Crippen LogP contribution is -1.94. The minimum Gasteiger partial charge on any atom is -0.496 e. The monoisotopic (exact) mass is 254 g/mol. The number of methoxy groups -OCH3 is 1. The summed E-state index contributed by atoms with van der Waals surface area (Å²) in [5.41, 5.74) is 10.2. The third-order valence-electron chi connectivity index (χ3n) is 3.11. The van der Waals surface area contributed by atoms with E-state index in [1.807, 2.05) is 25.1 Å². The first-order chi connectivity index (χ1) is 9.20. The Hall–Kier alpha value is -2.56. The Morgan fingerprint density at radius 2 is 2.11 bits per heavy atom. The van der Waals surface area contributed by atoms with Crippen molar-refractivity contribution in [1.29, 1.82) is 0 Å². The normalized spacial score (nSPS) is 10.8. The van der Waals surface area contributed by atoms with Gasteiger partial charge in [0.1, 0.15) is 17.7 Å². The first kappa shape index (κ1) is 11.5. The molecule has 96 valence electrons. The molecule has 3 aromatic rings. The molecule has 0 saturated heterocycles. The van der Waals surface area contributed by atoms with E-state index in [0.29, 0.717) is 5.69 Å². The van der Waals surface area contributed by atoms with Gasteiger partial charge in [0.2, 0.25) is 0 Å². The number of nitrogen functional groups attached to an aromatic ring is 1. The zero-order valence-electron chi connectivity index (χ0n) is 10.8. The summed E-state index contributed by atoms with van der Waals surface area (Å²) in [6.45, 7) is 2.03. The molecular weight excluding hydrogens is 240 g/mol. The molecule has 0 amide bonds. The molecule has 5 heteroatoms. The van der Waals surface area contributed by atoms with E-state index in [2.05, 4.69) is 15.0 Å². The molecular formula is C14H14N4O. The highest BCUT2D eigenvalue weighted by molar-refractivity contribution is 6.00. The van der Waals surface area contributed by atoms with Gasteiger partial charge in [0.15, 0.2) is 0 Å². The van der Waals surface area contributed by atoms with E-state index in [-0.39, 0.29) is 0 Å². The number of benzene rings is 1.